The quantitative estimate of drug-likeness (QED) is 0.843. The Morgan fingerprint density at radius 1 is 1.05 bits per heavy atom. The Morgan fingerprint density at radius 3 is 2.57 bits per heavy atom. The van der Waals surface area contributed by atoms with Crippen LogP contribution in [0.4, 0.5) is 0 Å². The molecule has 0 amide bonds. The Balaban J connectivity index is 1.32. The zero-order valence-corrected chi connectivity index (χ0v) is 13.2. The van der Waals surface area contributed by atoms with Gasteiger partial charge in [0.25, 0.3) is 0 Å². The van der Waals surface area contributed by atoms with Crippen LogP contribution < -0.4 is 5.32 Å². The third-order valence-electron chi connectivity index (χ3n) is 5.47. The highest BCUT2D eigenvalue weighted by Crippen LogP contribution is 2.44. The smallest absolute Gasteiger partial charge is 0.0541 e. The Bertz CT molecular complexity index is 402. The molecule has 3 nitrogen and oxygen atoms in total. The van der Waals surface area contributed by atoms with Crippen LogP contribution in [0.3, 0.4) is 0 Å². The van der Waals surface area contributed by atoms with E-state index in [9.17, 15) is 0 Å². The molecule has 1 aromatic heterocycles. The number of rotatable bonds is 5. The van der Waals surface area contributed by atoms with Crippen LogP contribution in [0.5, 0.6) is 0 Å². The van der Waals surface area contributed by atoms with Gasteiger partial charge in [-0.1, -0.05) is 25.3 Å². The zero-order chi connectivity index (χ0) is 14.4. The maximum absolute atomic E-state index is 4.34. The molecular formula is C18H29N3. The molecule has 0 bridgehead atoms. The monoisotopic (exact) mass is 287 g/mol. The van der Waals surface area contributed by atoms with Gasteiger partial charge in [0.05, 0.1) is 5.69 Å². The number of likely N-dealkylation sites (tertiary alicyclic amines) is 1. The van der Waals surface area contributed by atoms with E-state index in [1.54, 1.807) is 0 Å². The van der Waals surface area contributed by atoms with Crippen LogP contribution >= 0.6 is 0 Å². The molecule has 2 aliphatic rings. The Hall–Kier alpha value is -0.930. The van der Waals surface area contributed by atoms with Crippen LogP contribution in [0.2, 0.25) is 0 Å². The van der Waals surface area contributed by atoms with Gasteiger partial charge in [0, 0.05) is 25.8 Å². The molecule has 1 saturated heterocycles. The van der Waals surface area contributed by atoms with Crippen LogP contribution in [0, 0.1) is 5.41 Å². The number of nitrogens with one attached hydrogen (secondary N) is 1. The van der Waals surface area contributed by atoms with Crippen molar-refractivity contribution < 1.29 is 0 Å². The van der Waals surface area contributed by atoms with E-state index in [2.05, 4.69) is 27.3 Å². The van der Waals surface area contributed by atoms with Gasteiger partial charge < -0.3 is 10.2 Å². The topological polar surface area (TPSA) is 28.2 Å². The highest BCUT2D eigenvalue weighted by molar-refractivity contribution is 5.02. The van der Waals surface area contributed by atoms with Crippen molar-refractivity contribution in [2.24, 2.45) is 5.41 Å². The van der Waals surface area contributed by atoms with E-state index in [1.807, 2.05) is 12.3 Å². The van der Waals surface area contributed by atoms with E-state index in [0.29, 0.717) is 0 Å². The lowest BCUT2D eigenvalue weighted by Crippen LogP contribution is -2.43. The van der Waals surface area contributed by atoms with Gasteiger partial charge in [-0.3, -0.25) is 4.98 Å². The van der Waals surface area contributed by atoms with Gasteiger partial charge >= 0.3 is 0 Å². The molecule has 0 unspecified atom stereocenters. The van der Waals surface area contributed by atoms with Gasteiger partial charge in [-0.2, -0.15) is 0 Å². The van der Waals surface area contributed by atoms with Gasteiger partial charge in [0.1, 0.15) is 0 Å². The fourth-order valence-electron chi connectivity index (χ4n) is 4.01. The van der Waals surface area contributed by atoms with E-state index < -0.39 is 0 Å². The molecule has 1 aliphatic carbocycles. The maximum atomic E-state index is 4.34. The first-order valence-electron chi connectivity index (χ1n) is 8.69. The van der Waals surface area contributed by atoms with Crippen molar-refractivity contribution >= 4 is 0 Å². The van der Waals surface area contributed by atoms with E-state index in [0.717, 1.165) is 24.2 Å². The van der Waals surface area contributed by atoms with E-state index in [-0.39, 0.29) is 0 Å². The highest BCUT2D eigenvalue weighted by atomic mass is 15.1. The molecule has 116 valence electrons. The zero-order valence-electron chi connectivity index (χ0n) is 13.2. The average molecular weight is 287 g/mol. The fraction of sp³-hybridized carbons (Fsp3) is 0.722. The fourth-order valence-corrected chi connectivity index (χ4v) is 4.01. The van der Waals surface area contributed by atoms with Gasteiger partial charge in [-0.15, -0.1) is 0 Å². The predicted molar refractivity (Wildman–Crippen MR) is 87.1 cm³/mol. The molecule has 3 rings (SSSR count). The number of aromatic nitrogens is 1. The van der Waals surface area contributed by atoms with E-state index in [4.69, 9.17) is 0 Å². The molecule has 21 heavy (non-hydrogen) atoms. The summed E-state index contributed by atoms with van der Waals surface area (Å²) in [5.41, 5.74) is 1.87. The Morgan fingerprint density at radius 2 is 1.86 bits per heavy atom. The normalized spacial score (nSPS) is 22.5. The third-order valence-corrected chi connectivity index (χ3v) is 5.47. The summed E-state index contributed by atoms with van der Waals surface area (Å²) in [5, 5.41) is 3.52. The van der Waals surface area contributed by atoms with E-state index >= 15 is 0 Å². The van der Waals surface area contributed by atoms with Crippen molar-refractivity contribution in [3.05, 3.63) is 30.1 Å². The standard InChI is InChI=1S/C18H29N3/c1-3-7-18(8-4-1)9-13-21(14-10-18)15-12-19-16-17-6-2-5-11-20-17/h2,5-6,11,19H,1,3-4,7-10,12-16H2. The minimum Gasteiger partial charge on any atom is -0.310 e. The van der Waals surface area contributed by atoms with Crippen LogP contribution in [0.1, 0.15) is 50.6 Å². The predicted octanol–water partition coefficient (Wildman–Crippen LogP) is 3.22. The second kappa shape index (κ2) is 7.37. The molecule has 1 aliphatic heterocycles. The third kappa shape index (κ3) is 4.27. The van der Waals surface area contributed by atoms with Gasteiger partial charge in [0.15, 0.2) is 0 Å². The first kappa shape index (κ1) is 15.0. The summed E-state index contributed by atoms with van der Waals surface area (Å²) in [6.45, 7) is 5.77. The molecule has 0 aromatic carbocycles. The molecule has 2 fully saturated rings. The second-order valence-corrected chi connectivity index (χ2v) is 6.90. The lowest BCUT2D eigenvalue weighted by Gasteiger charge is -2.44. The molecule has 0 atom stereocenters. The summed E-state index contributed by atoms with van der Waals surface area (Å²) >= 11 is 0. The van der Waals surface area contributed by atoms with Crippen molar-refractivity contribution in [3.63, 3.8) is 0 Å². The number of nitrogens with zero attached hydrogens (tertiary/aromatic N) is 2. The first-order valence-corrected chi connectivity index (χ1v) is 8.69. The molecule has 1 spiro atoms. The molecule has 1 saturated carbocycles. The van der Waals surface area contributed by atoms with Crippen molar-refractivity contribution in [1.82, 2.24) is 15.2 Å². The highest BCUT2D eigenvalue weighted by Gasteiger charge is 2.35. The minimum atomic E-state index is 0.732. The summed E-state index contributed by atoms with van der Waals surface area (Å²) in [4.78, 5) is 6.99. The molecule has 1 N–H and O–H groups in total. The van der Waals surface area contributed by atoms with Crippen LogP contribution in [0.15, 0.2) is 24.4 Å². The lowest BCUT2D eigenvalue weighted by molar-refractivity contribution is 0.0683. The summed E-state index contributed by atoms with van der Waals surface area (Å²) in [5.74, 6) is 0. The van der Waals surface area contributed by atoms with Gasteiger partial charge in [0.2, 0.25) is 0 Å². The van der Waals surface area contributed by atoms with Gasteiger partial charge in [-0.25, -0.2) is 0 Å². The summed E-state index contributed by atoms with van der Waals surface area (Å²) in [6.07, 6.45) is 12.2. The molecule has 0 radical (unpaired) electrons. The maximum Gasteiger partial charge on any atom is 0.0541 e. The summed E-state index contributed by atoms with van der Waals surface area (Å²) < 4.78 is 0. The number of hydrogen-bond donors (Lipinski definition) is 1. The lowest BCUT2D eigenvalue weighted by atomic mass is 9.68. The summed E-state index contributed by atoms with van der Waals surface area (Å²) in [7, 11) is 0. The molecule has 2 heterocycles. The summed E-state index contributed by atoms with van der Waals surface area (Å²) in [6, 6.07) is 6.11. The van der Waals surface area contributed by atoms with Gasteiger partial charge in [-0.05, 0) is 56.3 Å². The Labute approximate surface area is 129 Å². The SMILES string of the molecule is c1ccc(CNCCN2CCC3(CCCCC3)CC2)nc1. The number of pyridine rings is 1. The van der Waals surface area contributed by atoms with Crippen molar-refractivity contribution in [2.75, 3.05) is 26.2 Å². The number of hydrogen-bond acceptors (Lipinski definition) is 3. The number of piperidine rings is 1. The first-order chi connectivity index (χ1) is 10.4. The Kier molecular flexibility index (Phi) is 5.26. The second-order valence-electron chi connectivity index (χ2n) is 6.90. The average Bonchev–Trinajstić information content (AvgIpc) is 2.55. The largest absolute Gasteiger partial charge is 0.310 e. The minimum absolute atomic E-state index is 0.732. The van der Waals surface area contributed by atoms with Crippen molar-refractivity contribution in [3.8, 4) is 0 Å². The van der Waals surface area contributed by atoms with Crippen LogP contribution in [0.25, 0.3) is 0 Å². The molecule has 3 heteroatoms. The molecule has 1 aromatic rings. The van der Waals surface area contributed by atoms with Crippen LogP contribution in [-0.4, -0.2) is 36.1 Å². The molecular weight excluding hydrogens is 258 g/mol. The van der Waals surface area contributed by atoms with Crippen molar-refractivity contribution in [1.29, 1.82) is 0 Å². The van der Waals surface area contributed by atoms with Crippen LogP contribution in [-0.2, 0) is 6.54 Å². The van der Waals surface area contributed by atoms with Crippen molar-refractivity contribution in [2.45, 2.75) is 51.5 Å². The van der Waals surface area contributed by atoms with E-state index in [1.165, 1.54) is 64.6 Å².